The zero-order chi connectivity index (χ0) is 8.55. The maximum Gasteiger partial charge on any atom is 0.168 e. The molecule has 12 heavy (non-hydrogen) atoms. The van der Waals surface area contributed by atoms with Crippen LogP contribution in [0, 0.1) is 0 Å². The van der Waals surface area contributed by atoms with Gasteiger partial charge in [-0.1, -0.05) is 11.6 Å². The molecule has 60 valence electrons. The van der Waals surface area contributed by atoms with Crippen molar-refractivity contribution in [1.82, 2.24) is 14.6 Å². The van der Waals surface area contributed by atoms with Gasteiger partial charge in [-0.3, -0.25) is 4.79 Å². The Labute approximate surface area is 72.8 Å². The normalized spacial score (nSPS) is 10.4. The Morgan fingerprint density at radius 3 is 3.17 bits per heavy atom. The lowest BCUT2D eigenvalue weighted by Crippen LogP contribution is -1.95. The smallest absolute Gasteiger partial charge is 0.168 e. The van der Waals surface area contributed by atoms with Crippen LogP contribution in [-0.2, 0) is 0 Å². The lowest BCUT2D eigenvalue weighted by molar-refractivity contribution is 0.111. The van der Waals surface area contributed by atoms with Gasteiger partial charge in [0.05, 0.1) is 6.20 Å². The first kappa shape index (κ1) is 7.24. The summed E-state index contributed by atoms with van der Waals surface area (Å²) in [7, 11) is 0. The highest BCUT2D eigenvalue weighted by Gasteiger charge is 2.02. The number of nitrogens with zero attached hydrogens (tertiary/aromatic N) is 3. The third kappa shape index (κ3) is 0.967. The van der Waals surface area contributed by atoms with Gasteiger partial charge in [0, 0.05) is 12.1 Å². The van der Waals surface area contributed by atoms with E-state index in [0.29, 0.717) is 22.8 Å². The minimum Gasteiger partial charge on any atom is -0.296 e. The van der Waals surface area contributed by atoms with Crippen molar-refractivity contribution in [3.05, 3.63) is 29.2 Å². The molecule has 5 heteroatoms. The minimum atomic E-state index is 0.313. The molecule has 0 unspecified atom stereocenters. The number of rotatable bonds is 1. The summed E-state index contributed by atoms with van der Waals surface area (Å²) < 4.78 is 1.45. The van der Waals surface area contributed by atoms with Crippen molar-refractivity contribution < 1.29 is 4.79 Å². The van der Waals surface area contributed by atoms with E-state index >= 15 is 0 Å². The van der Waals surface area contributed by atoms with E-state index in [2.05, 4.69) is 10.1 Å². The molecule has 4 nitrogen and oxygen atoms in total. The van der Waals surface area contributed by atoms with Crippen LogP contribution in [0.15, 0.2) is 18.3 Å². The highest BCUT2D eigenvalue weighted by atomic mass is 35.5. The minimum absolute atomic E-state index is 0.313. The van der Waals surface area contributed by atoms with Crippen LogP contribution < -0.4 is 0 Å². The van der Waals surface area contributed by atoms with E-state index in [-0.39, 0.29) is 0 Å². The Morgan fingerprint density at radius 1 is 1.58 bits per heavy atom. The Bertz CT molecular complexity index is 437. The third-order valence-corrected chi connectivity index (χ3v) is 1.73. The molecule has 2 rings (SSSR count). The van der Waals surface area contributed by atoms with Gasteiger partial charge >= 0.3 is 0 Å². The average Bonchev–Trinajstić information content (AvgIpc) is 2.52. The van der Waals surface area contributed by atoms with Crippen molar-refractivity contribution >= 4 is 23.5 Å². The summed E-state index contributed by atoms with van der Waals surface area (Å²) in [4.78, 5) is 14.3. The lowest BCUT2D eigenvalue weighted by atomic mass is 10.4. The molecule has 0 atom stereocenters. The second-order valence-electron chi connectivity index (χ2n) is 2.22. The molecular weight excluding hydrogens is 178 g/mol. The molecule has 0 spiro atoms. The molecule has 0 saturated heterocycles. The van der Waals surface area contributed by atoms with E-state index in [1.165, 1.54) is 10.6 Å². The Hall–Kier alpha value is -1.42. The molecule has 0 aliphatic carbocycles. The number of aldehydes is 1. The molecular formula is C7H4ClN3O. The number of halogens is 1. The maximum absolute atomic E-state index is 10.4. The summed E-state index contributed by atoms with van der Waals surface area (Å²) in [5.41, 5.74) is 0.887. The summed E-state index contributed by atoms with van der Waals surface area (Å²) >= 11 is 5.78. The van der Waals surface area contributed by atoms with Crippen molar-refractivity contribution in [1.29, 1.82) is 0 Å². The summed E-state index contributed by atoms with van der Waals surface area (Å²) in [6.45, 7) is 0. The van der Waals surface area contributed by atoms with Gasteiger partial charge in [0.2, 0.25) is 0 Å². The lowest BCUT2D eigenvalue weighted by Gasteiger charge is -1.96. The zero-order valence-corrected chi connectivity index (χ0v) is 6.69. The quantitative estimate of drug-likeness (QED) is 0.491. The van der Waals surface area contributed by atoms with Crippen molar-refractivity contribution in [3.8, 4) is 0 Å². The fraction of sp³-hybridized carbons (Fsp3) is 0. The highest BCUT2D eigenvalue weighted by molar-refractivity contribution is 6.29. The van der Waals surface area contributed by atoms with E-state index in [4.69, 9.17) is 11.6 Å². The first-order valence-corrected chi connectivity index (χ1v) is 3.64. The molecule has 0 aliphatic rings. The van der Waals surface area contributed by atoms with Crippen LogP contribution in [0.2, 0.25) is 5.15 Å². The van der Waals surface area contributed by atoms with Crippen molar-refractivity contribution in [2.24, 2.45) is 0 Å². The van der Waals surface area contributed by atoms with Crippen LogP contribution in [0.3, 0.4) is 0 Å². The molecule has 0 fully saturated rings. The van der Waals surface area contributed by atoms with Crippen LogP contribution in [-0.4, -0.2) is 20.9 Å². The number of aromatic nitrogens is 3. The highest BCUT2D eigenvalue weighted by Crippen LogP contribution is 2.10. The second kappa shape index (κ2) is 2.57. The fourth-order valence-electron chi connectivity index (χ4n) is 0.954. The molecule has 0 bridgehead atoms. The molecule has 0 aliphatic heterocycles. The van der Waals surface area contributed by atoms with Crippen LogP contribution in [0.4, 0.5) is 0 Å². The first-order chi connectivity index (χ1) is 5.81. The number of carbonyl (C=O) groups is 1. The van der Waals surface area contributed by atoms with Gasteiger partial charge in [0.1, 0.15) is 10.8 Å². The predicted octanol–water partition coefficient (Wildman–Crippen LogP) is 1.20. The van der Waals surface area contributed by atoms with E-state index < -0.39 is 0 Å². The van der Waals surface area contributed by atoms with Gasteiger partial charge in [-0.15, -0.1) is 0 Å². The van der Waals surface area contributed by atoms with Crippen molar-refractivity contribution in [3.63, 3.8) is 0 Å². The molecule has 0 radical (unpaired) electrons. The first-order valence-electron chi connectivity index (χ1n) is 3.27. The number of carbonyl (C=O) groups excluding carboxylic acids is 1. The van der Waals surface area contributed by atoms with Gasteiger partial charge in [0.15, 0.2) is 11.9 Å². The van der Waals surface area contributed by atoms with Gasteiger partial charge in [-0.05, 0) is 0 Å². The molecule has 2 aromatic rings. The Kier molecular flexibility index (Phi) is 1.55. The molecule has 0 amide bonds. The summed E-state index contributed by atoms with van der Waals surface area (Å²) in [6.07, 6.45) is 2.22. The zero-order valence-electron chi connectivity index (χ0n) is 5.94. The summed E-state index contributed by atoms with van der Waals surface area (Å²) in [6, 6.07) is 3.15. The van der Waals surface area contributed by atoms with Crippen LogP contribution >= 0.6 is 11.6 Å². The van der Waals surface area contributed by atoms with Crippen molar-refractivity contribution in [2.75, 3.05) is 0 Å². The molecule has 0 saturated carbocycles. The van der Waals surface area contributed by atoms with E-state index in [0.717, 1.165) is 0 Å². The molecule has 0 N–H and O–H groups in total. The van der Waals surface area contributed by atoms with Crippen LogP contribution in [0.5, 0.6) is 0 Å². The largest absolute Gasteiger partial charge is 0.296 e. The maximum atomic E-state index is 10.4. The SMILES string of the molecule is O=Cc1cc(Cl)n2nccc2n1. The summed E-state index contributed by atoms with van der Waals surface area (Å²) in [5, 5.41) is 4.28. The third-order valence-electron chi connectivity index (χ3n) is 1.46. The number of fused-ring (bicyclic) bond motifs is 1. The van der Waals surface area contributed by atoms with Gasteiger partial charge < -0.3 is 0 Å². The predicted molar refractivity (Wildman–Crippen MR) is 43.4 cm³/mol. The standard InChI is InChI=1S/C7H4ClN3O/c8-6-3-5(4-12)10-7-1-2-9-11(6)7/h1-4H. The summed E-state index contributed by atoms with van der Waals surface area (Å²) in [5.74, 6) is 0. The van der Waals surface area contributed by atoms with Crippen LogP contribution in [0.25, 0.3) is 5.65 Å². The Balaban J connectivity index is 2.83. The Morgan fingerprint density at radius 2 is 2.42 bits per heavy atom. The van der Waals surface area contributed by atoms with E-state index in [1.54, 1.807) is 12.3 Å². The topological polar surface area (TPSA) is 47.3 Å². The number of hydrogen-bond acceptors (Lipinski definition) is 3. The van der Waals surface area contributed by atoms with E-state index in [1.807, 2.05) is 0 Å². The van der Waals surface area contributed by atoms with Gasteiger partial charge in [-0.2, -0.15) is 5.10 Å². The molecule has 2 aromatic heterocycles. The fourth-order valence-corrected chi connectivity index (χ4v) is 1.20. The number of hydrogen-bond donors (Lipinski definition) is 0. The van der Waals surface area contributed by atoms with Gasteiger partial charge in [-0.25, -0.2) is 9.50 Å². The van der Waals surface area contributed by atoms with Crippen LogP contribution in [0.1, 0.15) is 10.5 Å². The molecule has 2 heterocycles. The van der Waals surface area contributed by atoms with E-state index in [9.17, 15) is 4.79 Å². The van der Waals surface area contributed by atoms with Gasteiger partial charge in [0.25, 0.3) is 0 Å². The second-order valence-corrected chi connectivity index (χ2v) is 2.61. The van der Waals surface area contributed by atoms with Crippen molar-refractivity contribution in [2.45, 2.75) is 0 Å². The monoisotopic (exact) mass is 181 g/mol. The molecule has 0 aromatic carbocycles. The average molecular weight is 182 g/mol.